The van der Waals surface area contributed by atoms with Crippen molar-refractivity contribution in [3.63, 3.8) is 0 Å². The van der Waals surface area contributed by atoms with Gasteiger partial charge < -0.3 is 0 Å². The van der Waals surface area contributed by atoms with Gasteiger partial charge in [0.15, 0.2) is 0 Å². The summed E-state index contributed by atoms with van der Waals surface area (Å²) < 4.78 is 13.6. The first-order valence-corrected chi connectivity index (χ1v) is 7.57. The standard InChI is InChI=1S/C17H16FNS/c1-12-5-13(2)7-15(6-12)10-20-11-16-8-14(9-19)3-4-17(16)18/h3-8H,10-11H2,1-2H3. The van der Waals surface area contributed by atoms with Crippen molar-refractivity contribution in [3.8, 4) is 6.07 Å². The summed E-state index contributed by atoms with van der Waals surface area (Å²) in [5.74, 6) is 1.18. The summed E-state index contributed by atoms with van der Waals surface area (Å²) in [5.41, 5.74) is 4.85. The monoisotopic (exact) mass is 285 g/mol. The quantitative estimate of drug-likeness (QED) is 0.809. The molecule has 102 valence electrons. The van der Waals surface area contributed by atoms with E-state index in [1.54, 1.807) is 17.8 Å². The molecule has 0 unspecified atom stereocenters. The van der Waals surface area contributed by atoms with Crippen LogP contribution in [0.2, 0.25) is 0 Å². The highest BCUT2D eigenvalue weighted by atomic mass is 32.2. The molecule has 0 atom stereocenters. The topological polar surface area (TPSA) is 23.8 Å². The molecule has 0 saturated carbocycles. The minimum absolute atomic E-state index is 0.239. The van der Waals surface area contributed by atoms with Gasteiger partial charge in [0.25, 0.3) is 0 Å². The van der Waals surface area contributed by atoms with E-state index < -0.39 is 0 Å². The summed E-state index contributed by atoms with van der Waals surface area (Å²) in [7, 11) is 0. The minimum Gasteiger partial charge on any atom is -0.207 e. The van der Waals surface area contributed by atoms with Gasteiger partial charge in [-0.2, -0.15) is 17.0 Å². The summed E-state index contributed by atoms with van der Waals surface area (Å²) in [5, 5.41) is 8.84. The lowest BCUT2D eigenvalue weighted by atomic mass is 10.1. The van der Waals surface area contributed by atoms with E-state index >= 15 is 0 Å². The maximum Gasteiger partial charge on any atom is 0.127 e. The lowest BCUT2D eigenvalue weighted by Gasteiger charge is -2.06. The van der Waals surface area contributed by atoms with Gasteiger partial charge in [0.2, 0.25) is 0 Å². The van der Waals surface area contributed by atoms with Crippen LogP contribution in [0, 0.1) is 31.0 Å². The van der Waals surface area contributed by atoms with Gasteiger partial charge >= 0.3 is 0 Å². The van der Waals surface area contributed by atoms with Gasteiger partial charge in [0.1, 0.15) is 5.82 Å². The molecule has 0 aliphatic rings. The maximum atomic E-state index is 13.6. The van der Waals surface area contributed by atoms with Gasteiger partial charge in [-0.15, -0.1) is 0 Å². The fourth-order valence-electron chi connectivity index (χ4n) is 2.19. The first-order valence-electron chi connectivity index (χ1n) is 6.42. The first-order chi connectivity index (χ1) is 9.58. The molecule has 0 aliphatic heterocycles. The first kappa shape index (κ1) is 14.6. The number of thioether (sulfide) groups is 1. The van der Waals surface area contributed by atoms with E-state index in [0.717, 1.165) is 5.75 Å². The molecular weight excluding hydrogens is 269 g/mol. The molecule has 0 bridgehead atoms. The highest BCUT2D eigenvalue weighted by molar-refractivity contribution is 7.97. The van der Waals surface area contributed by atoms with Gasteiger partial charge in [0, 0.05) is 11.5 Å². The van der Waals surface area contributed by atoms with Crippen LogP contribution in [0.15, 0.2) is 36.4 Å². The summed E-state index contributed by atoms with van der Waals surface area (Å²) in [6, 6.07) is 13.0. The molecule has 2 aromatic carbocycles. The zero-order chi connectivity index (χ0) is 14.5. The number of benzene rings is 2. The third kappa shape index (κ3) is 3.85. The van der Waals surface area contributed by atoms with Crippen molar-refractivity contribution in [1.29, 1.82) is 5.26 Å². The second kappa shape index (κ2) is 6.58. The van der Waals surface area contributed by atoms with E-state index in [0.29, 0.717) is 16.9 Å². The predicted octanol–water partition coefficient (Wildman–Crippen LogP) is 4.75. The number of nitriles is 1. The zero-order valence-electron chi connectivity index (χ0n) is 11.6. The molecule has 1 nitrogen and oxygen atoms in total. The van der Waals surface area contributed by atoms with Crippen molar-refractivity contribution in [1.82, 2.24) is 0 Å². The number of nitrogens with zero attached hydrogens (tertiary/aromatic N) is 1. The Morgan fingerprint density at radius 1 is 1.05 bits per heavy atom. The van der Waals surface area contributed by atoms with Crippen molar-refractivity contribution in [2.75, 3.05) is 0 Å². The maximum absolute atomic E-state index is 13.6. The van der Waals surface area contributed by atoms with E-state index in [1.807, 2.05) is 6.07 Å². The molecule has 2 rings (SSSR count). The Kier molecular flexibility index (Phi) is 4.81. The van der Waals surface area contributed by atoms with Crippen molar-refractivity contribution < 1.29 is 4.39 Å². The molecule has 0 fully saturated rings. The van der Waals surface area contributed by atoms with E-state index in [9.17, 15) is 4.39 Å². The Morgan fingerprint density at radius 2 is 1.75 bits per heavy atom. The highest BCUT2D eigenvalue weighted by Gasteiger charge is 2.04. The average molecular weight is 285 g/mol. The molecule has 2 aromatic rings. The van der Waals surface area contributed by atoms with Gasteiger partial charge in [-0.05, 0) is 43.2 Å². The average Bonchev–Trinajstić information content (AvgIpc) is 2.40. The number of halogens is 1. The van der Waals surface area contributed by atoms with Crippen LogP contribution in [0.3, 0.4) is 0 Å². The number of hydrogen-bond donors (Lipinski definition) is 0. The number of hydrogen-bond acceptors (Lipinski definition) is 2. The molecular formula is C17H16FNS. The Balaban J connectivity index is 2.01. The summed E-state index contributed by atoms with van der Waals surface area (Å²) in [6.45, 7) is 4.16. The van der Waals surface area contributed by atoms with E-state index in [4.69, 9.17) is 5.26 Å². The van der Waals surface area contributed by atoms with Gasteiger partial charge in [-0.25, -0.2) is 4.39 Å². The van der Waals surface area contributed by atoms with Gasteiger partial charge in [-0.3, -0.25) is 0 Å². The van der Waals surface area contributed by atoms with Crippen LogP contribution in [0.1, 0.15) is 27.8 Å². The van der Waals surface area contributed by atoms with E-state index in [1.165, 1.54) is 28.8 Å². The van der Waals surface area contributed by atoms with Crippen LogP contribution < -0.4 is 0 Å². The largest absolute Gasteiger partial charge is 0.207 e. The molecule has 0 radical (unpaired) electrons. The Labute approximate surface area is 123 Å². The highest BCUT2D eigenvalue weighted by Crippen LogP contribution is 2.22. The molecule has 0 heterocycles. The van der Waals surface area contributed by atoms with Crippen molar-refractivity contribution in [2.45, 2.75) is 25.4 Å². The lowest BCUT2D eigenvalue weighted by Crippen LogP contribution is -1.91. The molecule has 0 aliphatic carbocycles. The second-order valence-electron chi connectivity index (χ2n) is 4.91. The Morgan fingerprint density at radius 3 is 2.40 bits per heavy atom. The van der Waals surface area contributed by atoms with Crippen LogP contribution >= 0.6 is 11.8 Å². The van der Waals surface area contributed by atoms with Crippen LogP contribution in [0.4, 0.5) is 4.39 Å². The van der Waals surface area contributed by atoms with Crippen LogP contribution in [-0.4, -0.2) is 0 Å². The third-order valence-corrected chi connectivity index (χ3v) is 4.04. The SMILES string of the molecule is Cc1cc(C)cc(CSCc2cc(C#N)ccc2F)c1. The van der Waals surface area contributed by atoms with Crippen molar-refractivity contribution >= 4 is 11.8 Å². The molecule has 0 N–H and O–H groups in total. The second-order valence-corrected chi connectivity index (χ2v) is 5.89. The Hall–Kier alpha value is -1.79. The summed E-state index contributed by atoms with van der Waals surface area (Å²) in [4.78, 5) is 0. The normalized spacial score (nSPS) is 10.3. The fourth-order valence-corrected chi connectivity index (χ4v) is 3.13. The molecule has 3 heteroatoms. The minimum atomic E-state index is -0.239. The molecule has 20 heavy (non-hydrogen) atoms. The molecule has 0 aromatic heterocycles. The van der Waals surface area contributed by atoms with Crippen LogP contribution in [-0.2, 0) is 11.5 Å². The van der Waals surface area contributed by atoms with Crippen molar-refractivity contribution in [2.24, 2.45) is 0 Å². The van der Waals surface area contributed by atoms with Gasteiger partial charge in [-0.1, -0.05) is 29.3 Å². The lowest BCUT2D eigenvalue weighted by molar-refractivity contribution is 0.617. The van der Waals surface area contributed by atoms with Crippen molar-refractivity contribution in [3.05, 3.63) is 70.0 Å². The van der Waals surface area contributed by atoms with Crippen LogP contribution in [0.5, 0.6) is 0 Å². The fraction of sp³-hybridized carbons (Fsp3) is 0.235. The van der Waals surface area contributed by atoms with E-state index in [-0.39, 0.29) is 5.82 Å². The Bertz CT molecular complexity index is 638. The molecule has 0 saturated heterocycles. The summed E-state index contributed by atoms with van der Waals surface area (Å²) >= 11 is 1.66. The van der Waals surface area contributed by atoms with Crippen LogP contribution in [0.25, 0.3) is 0 Å². The predicted molar refractivity (Wildman–Crippen MR) is 82.0 cm³/mol. The number of aryl methyl sites for hydroxylation is 2. The molecule has 0 spiro atoms. The van der Waals surface area contributed by atoms with E-state index in [2.05, 4.69) is 32.0 Å². The molecule has 0 amide bonds. The zero-order valence-corrected chi connectivity index (χ0v) is 12.4. The smallest absolute Gasteiger partial charge is 0.127 e. The van der Waals surface area contributed by atoms with Gasteiger partial charge in [0.05, 0.1) is 11.6 Å². The number of rotatable bonds is 4. The third-order valence-electron chi connectivity index (χ3n) is 2.98. The summed E-state index contributed by atoms with van der Waals surface area (Å²) in [6.07, 6.45) is 0.